The smallest absolute Gasteiger partial charge is 0.243 e. The largest absolute Gasteiger partial charge is 0.350 e. The maximum atomic E-state index is 12.1. The zero-order valence-corrected chi connectivity index (χ0v) is 13.0. The van der Waals surface area contributed by atoms with Crippen molar-refractivity contribution >= 4 is 11.8 Å². The molecule has 0 saturated carbocycles. The molecule has 0 aromatic rings. The Kier molecular flexibility index (Phi) is 5.38. The third-order valence-corrected chi connectivity index (χ3v) is 2.42. The van der Waals surface area contributed by atoms with E-state index in [2.05, 4.69) is 10.6 Å². The van der Waals surface area contributed by atoms with Gasteiger partial charge in [0.15, 0.2) is 0 Å². The number of amides is 2. The van der Waals surface area contributed by atoms with Crippen LogP contribution in [0.4, 0.5) is 0 Å². The van der Waals surface area contributed by atoms with Gasteiger partial charge in [0.1, 0.15) is 6.04 Å². The van der Waals surface area contributed by atoms with E-state index in [1.54, 1.807) is 0 Å². The van der Waals surface area contributed by atoms with Gasteiger partial charge in [0.05, 0.1) is 0 Å². The van der Waals surface area contributed by atoms with Crippen molar-refractivity contribution in [1.29, 1.82) is 0 Å². The van der Waals surface area contributed by atoms with Gasteiger partial charge in [0, 0.05) is 11.0 Å². The van der Waals surface area contributed by atoms with Crippen molar-refractivity contribution in [3.63, 3.8) is 0 Å². The zero-order chi connectivity index (χ0) is 14.7. The standard InChI is InChI=1S/C14H28N2O2/c1-9(2)10(11(17)16-14(6,7)8)15-12(18)13(3,4)5/h9-10H,1-8H3,(H,15,18)(H,16,17)/t10-/m0/s1. The minimum absolute atomic E-state index is 0.0543. The topological polar surface area (TPSA) is 58.2 Å². The van der Waals surface area contributed by atoms with Crippen molar-refractivity contribution < 1.29 is 9.59 Å². The highest BCUT2D eigenvalue weighted by Crippen LogP contribution is 2.15. The van der Waals surface area contributed by atoms with Gasteiger partial charge >= 0.3 is 0 Å². The van der Waals surface area contributed by atoms with E-state index in [0.717, 1.165) is 0 Å². The predicted molar refractivity (Wildman–Crippen MR) is 74.1 cm³/mol. The SMILES string of the molecule is CC(C)[C@H](NC(=O)C(C)(C)C)C(=O)NC(C)(C)C. The lowest BCUT2D eigenvalue weighted by Crippen LogP contribution is -2.55. The molecular formula is C14H28N2O2. The van der Waals surface area contributed by atoms with Crippen molar-refractivity contribution in [3.8, 4) is 0 Å². The molecule has 0 spiro atoms. The molecule has 0 aliphatic rings. The van der Waals surface area contributed by atoms with Crippen LogP contribution in [0.1, 0.15) is 55.4 Å². The Morgan fingerprint density at radius 3 is 1.67 bits per heavy atom. The number of rotatable bonds is 3. The number of carbonyl (C=O) groups is 2. The number of nitrogens with one attached hydrogen (secondary N) is 2. The minimum Gasteiger partial charge on any atom is -0.350 e. The third kappa shape index (κ3) is 6.03. The molecule has 4 heteroatoms. The Balaban J connectivity index is 4.79. The Morgan fingerprint density at radius 1 is 0.944 bits per heavy atom. The van der Waals surface area contributed by atoms with Gasteiger partial charge in [0.2, 0.25) is 11.8 Å². The summed E-state index contributed by atoms with van der Waals surface area (Å²) >= 11 is 0. The summed E-state index contributed by atoms with van der Waals surface area (Å²) in [5.74, 6) is -0.181. The molecule has 0 saturated heterocycles. The first-order valence-electron chi connectivity index (χ1n) is 6.47. The predicted octanol–water partition coefficient (Wildman–Crippen LogP) is 2.09. The third-order valence-electron chi connectivity index (χ3n) is 2.42. The van der Waals surface area contributed by atoms with Crippen LogP contribution >= 0.6 is 0 Å². The first kappa shape index (κ1) is 16.9. The van der Waals surface area contributed by atoms with E-state index in [4.69, 9.17) is 0 Å². The summed E-state index contributed by atoms with van der Waals surface area (Å²) in [4.78, 5) is 24.1. The van der Waals surface area contributed by atoms with Crippen LogP contribution in [0.25, 0.3) is 0 Å². The molecule has 0 aromatic carbocycles. The lowest BCUT2D eigenvalue weighted by molar-refractivity contribution is -0.135. The van der Waals surface area contributed by atoms with Crippen LogP contribution < -0.4 is 10.6 Å². The summed E-state index contributed by atoms with van der Waals surface area (Å²) < 4.78 is 0. The average Bonchev–Trinajstić information content (AvgIpc) is 2.07. The second-order valence-corrected chi connectivity index (χ2v) is 7.18. The van der Waals surface area contributed by atoms with Gasteiger partial charge in [-0.3, -0.25) is 9.59 Å². The number of hydrogen-bond donors (Lipinski definition) is 2. The fourth-order valence-electron chi connectivity index (χ4n) is 1.34. The van der Waals surface area contributed by atoms with Gasteiger partial charge in [0.25, 0.3) is 0 Å². The van der Waals surface area contributed by atoms with E-state index < -0.39 is 11.5 Å². The molecule has 0 bridgehead atoms. The van der Waals surface area contributed by atoms with Crippen LogP contribution in [0.3, 0.4) is 0 Å². The molecule has 0 heterocycles. The molecule has 4 nitrogen and oxygen atoms in total. The first-order chi connectivity index (χ1) is 7.84. The fourth-order valence-corrected chi connectivity index (χ4v) is 1.34. The van der Waals surface area contributed by atoms with E-state index in [-0.39, 0.29) is 23.3 Å². The maximum absolute atomic E-state index is 12.1. The second-order valence-electron chi connectivity index (χ2n) is 7.18. The molecule has 0 rings (SSSR count). The molecule has 0 aliphatic heterocycles. The molecule has 0 radical (unpaired) electrons. The molecule has 106 valence electrons. The number of carbonyl (C=O) groups excluding carboxylic acids is 2. The molecular weight excluding hydrogens is 228 g/mol. The monoisotopic (exact) mass is 256 g/mol. The Bertz CT molecular complexity index is 309. The van der Waals surface area contributed by atoms with E-state index >= 15 is 0 Å². The highest BCUT2D eigenvalue weighted by Gasteiger charge is 2.30. The minimum atomic E-state index is -0.491. The van der Waals surface area contributed by atoms with Gasteiger partial charge in [-0.1, -0.05) is 34.6 Å². The van der Waals surface area contributed by atoms with Crippen LogP contribution in [0.2, 0.25) is 0 Å². The highest BCUT2D eigenvalue weighted by atomic mass is 16.2. The normalized spacial score (nSPS) is 14.3. The molecule has 0 unspecified atom stereocenters. The van der Waals surface area contributed by atoms with E-state index in [0.29, 0.717) is 0 Å². The second kappa shape index (κ2) is 5.72. The summed E-state index contributed by atoms with van der Waals surface area (Å²) in [6.07, 6.45) is 0. The Labute approximate surface area is 111 Å². The molecule has 0 aromatic heterocycles. The van der Waals surface area contributed by atoms with Crippen LogP contribution in [0, 0.1) is 11.3 Å². The molecule has 0 fully saturated rings. The molecule has 0 aliphatic carbocycles. The highest BCUT2D eigenvalue weighted by molar-refractivity contribution is 5.90. The van der Waals surface area contributed by atoms with Crippen LogP contribution in [0.5, 0.6) is 0 Å². The average molecular weight is 256 g/mol. The summed E-state index contributed by atoms with van der Waals surface area (Å²) in [6, 6.07) is -0.490. The maximum Gasteiger partial charge on any atom is 0.243 e. The Morgan fingerprint density at radius 2 is 1.39 bits per heavy atom. The van der Waals surface area contributed by atoms with E-state index in [1.807, 2.05) is 55.4 Å². The van der Waals surface area contributed by atoms with Gasteiger partial charge in [-0.25, -0.2) is 0 Å². The summed E-state index contributed by atoms with van der Waals surface area (Å²) in [5.41, 5.74) is -0.786. The lowest BCUT2D eigenvalue weighted by atomic mass is 9.93. The van der Waals surface area contributed by atoms with Crippen molar-refractivity contribution in [3.05, 3.63) is 0 Å². The van der Waals surface area contributed by atoms with E-state index in [9.17, 15) is 9.59 Å². The van der Waals surface area contributed by atoms with E-state index in [1.165, 1.54) is 0 Å². The van der Waals surface area contributed by atoms with Gasteiger partial charge in [-0.05, 0) is 26.7 Å². The summed E-state index contributed by atoms with van der Waals surface area (Å²) in [7, 11) is 0. The van der Waals surface area contributed by atoms with Gasteiger partial charge < -0.3 is 10.6 Å². The first-order valence-corrected chi connectivity index (χ1v) is 6.47. The van der Waals surface area contributed by atoms with Crippen LogP contribution in [-0.2, 0) is 9.59 Å². The zero-order valence-electron chi connectivity index (χ0n) is 13.0. The van der Waals surface area contributed by atoms with Crippen molar-refractivity contribution in [2.24, 2.45) is 11.3 Å². The quantitative estimate of drug-likeness (QED) is 0.812. The summed E-state index contributed by atoms with van der Waals surface area (Å²) in [6.45, 7) is 15.1. The van der Waals surface area contributed by atoms with Crippen LogP contribution in [0.15, 0.2) is 0 Å². The van der Waals surface area contributed by atoms with Crippen molar-refractivity contribution in [2.45, 2.75) is 67.0 Å². The van der Waals surface area contributed by atoms with Crippen LogP contribution in [-0.4, -0.2) is 23.4 Å². The summed E-state index contributed by atoms with van der Waals surface area (Å²) in [5, 5.41) is 5.73. The van der Waals surface area contributed by atoms with Crippen molar-refractivity contribution in [1.82, 2.24) is 10.6 Å². The lowest BCUT2D eigenvalue weighted by Gasteiger charge is -2.29. The van der Waals surface area contributed by atoms with Crippen molar-refractivity contribution in [2.75, 3.05) is 0 Å². The molecule has 2 amide bonds. The van der Waals surface area contributed by atoms with Gasteiger partial charge in [-0.2, -0.15) is 0 Å². The molecule has 2 N–H and O–H groups in total. The Hall–Kier alpha value is -1.06. The fraction of sp³-hybridized carbons (Fsp3) is 0.857. The molecule has 1 atom stereocenters. The molecule has 18 heavy (non-hydrogen) atoms. The number of hydrogen-bond acceptors (Lipinski definition) is 2. The van der Waals surface area contributed by atoms with Gasteiger partial charge in [-0.15, -0.1) is 0 Å².